The van der Waals surface area contributed by atoms with Gasteiger partial charge in [0.25, 0.3) is 0 Å². The van der Waals surface area contributed by atoms with Crippen LogP contribution in [-0.2, 0) is 0 Å². The fourth-order valence-electron chi connectivity index (χ4n) is 9.09. The summed E-state index contributed by atoms with van der Waals surface area (Å²) in [5.74, 6) is 0. The topological polar surface area (TPSA) is 14.3 Å². The fourth-order valence-corrected chi connectivity index (χ4v) is 9.09. The van der Waals surface area contributed by atoms with Crippen molar-refractivity contribution in [2.24, 2.45) is 0 Å². The molecular weight excluding hydrogens is 619 g/mol. The van der Waals surface area contributed by atoms with E-state index in [0.717, 1.165) is 0 Å². The van der Waals surface area contributed by atoms with Crippen molar-refractivity contribution in [1.82, 2.24) is 13.5 Å². The second kappa shape index (κ2) is 9.87. The first kappa shape index (κ1) is 27.0. The molecule has 3 heteroatoms. The van der Waals surface area contributed by atoms with Crippen molar-refractivity contribution in [1.29, 1.82) is 0 Å². The quantitative estimate of drug-likeness (QED) is 0.181. The van der Waals surface area contributed by atoms with Gasteiger partial charge in [0.15, 0.2) is 0 Å². The smallest absolute Gasteiger partial charge is 0.0620 e. The number of rotatable bonds is 3. The zero-order valence-corrected chi connectivity index (χ0v) is 27.6. The van der Waals surface area contributed by atoms with E-state index < -0.39 is 0 Å². The second-order valence-corrected chi connectivity index (χ2v) is 13.7. The molecule has 0 saturated heterocycles. The van der Waals surface area contributed by atoms with Crippen molar-refractivity contribution >= 4 is 81.7 Å². The number of nitrogens with zero attached hydrogens (tertiary/aromatic N) is 3. The summed E-state index contributed by atoms with van der Waals surface area (Å²) in [6, 6.07) is 64.6. The highest BCUT2D eigenvalue weighted by molar-refractivity contribution is 6.24. The van der Waals surface area contributed by atoms with E-state index in [0.29, 0.717) is 0 Å². The molecule has 51 heavy (non-hydrogen) atoms. The zero-order chi connectivity index (χ0) is 33.2. The van der Waals surface area contributed by atoms with Crippen LogP contribution >= 0.6 is 0 Å². The first-order valence-electron chi connectivity index (χ1n) is 17.6. The van der Waals surface area contributed by atoms with Gasteiger partial charge in [0.1, 0.15) is 0 Å². The van der Waals surface area contributed by atoms with E-state index >= 15 is 0 Å². The predicted molar refractivity (Wildman–Crippen MR) is 215 cm³/mol. The Labute approximate surface area is 292 Å². The SMILES string of the molecule is c1ccc(-n2c3ccccc3c3cc(-c4cccc5c4c4ccccc4n5-c4ccc5c(c4)c4cccc6c7ccccc7n5c64)ccc32)cc1. The molecule has 0 aliphatic carbocycles. The summed E-state index contributed by atoms with van der Waals surface area (Å²) < 4.78 is 7.29. The Balaban J connectivity index is 1.11. The van der Waals surface area contributed by atoms with E-state index in [1.54, 1.807) is 0 Å². The van der Waals surface area contributed by atoms with Crippen molar-refractivity contribution in [3.63, 3.8) is 0 Å². The van der Waals surface area contributed by atoms with Gasteiger partial charge < -0.3 is 13.5 Å². The summed E-state index contributed by atoms with van der Waals surface area (Å²) in [5, 5.41) is 10.3. The van der Waals surface area contributed by atoms with Crippen LogP contribution in [0.25, 0.3) is 104 Å². The highest BCUT2D eigenvalue weighted by Gasteiger charge is 2.21. The molecule has 0 N–H and O–H groups in total. The van der Waals surface area contributed by atoms with E-state index in [4.69, 9.17) is 0 Å². The number of para-hydroxylation sites is 5. The Kier molecular flexibility index (Phi) is 5.23. The Bertz CT molecular complexity index is 3360. The monoisotopic (exact) mass is 647 g/mol. The van der Waals surface area contributed by atoms with Crippen LogP contribution in [0.3, 0.4) is 0 Å². The molecule has 12 rings (SSSR count). The van der Waals surface area contributed by atoms with Crippen LogP contribution in [0.15, 0.2) is 176 Å². The molecule has 0 aliphatic heterocycles. The molecule has 8 aromatic carbocycles. The van der Waals surface area contributed by atoms with Crippen molar-refractivity contribution in [3.8, 4) is 22.5 Å². The Morgan fingerprint density at radius 3 is 1.65 bits per heavy atom. The molecule has 236 valence electrons. The number of fused-ring (bicyclic) bond motifs is 12. The summed E-state index contributed by atoms with van der Waals surface area (Å²) >= 11 is 0. The van der Waals surface area contributed by atoms with Crippen LogP contribution in [0, 0.1) is 0 Å². The number of benzene rings is 8. The van der Waals surface area contributed by atoms with E-state index in [9.17, 15) is 0 Å². The minimum absolute atomic E-state index is 1.17. The van der Waals surface area contributed by atoms with E-state index in [2.05, 4.69) is 189 Å². The van der Waals surface area contributed by atoms with E-state index in [1.165, 1.54) is 104 Å². The van der Waals surface area contributed by atoms with Crippen LogP contribution in [-0.4, -0.2) is 13.5 Å². The maximum atomic E-state index is 2.46. The lowest BCUT2D eigenvalue weighted by Crippen LogP contribution is -1.94. The molecule has 0 atom stereocenters. The average Bonchev–Trinajstić information content (AvgIpc) is 3.92. The summed E-state index contributed by atoms with van der Waals surface area (Å²) in [7, 11) is 0. The van der Waals surface area contributed by atoms with Gasteiger partial charge in [-0.2, -0.15) is 0 Å². The lowest BCUT2D eigenvalue weighted by molar-refractivity contribution is 1.18. The third kappa shape index (κ3) is 3.52. The Hall–Kier alpha value is -6.84. The molecule has 0 bridgehead atoms. The van der Waals surface area contributed by atoms with Gasteiger partial charge in [-0.3, -0.25) is 0 Å². The normalized spacial score (nSPS) is 12.3. The predicted octanol–water partition coefficient (Wildman–Crippen LogP) is 12.7. The Morgan fingerprint density at radius 2 is 0.824 bits per heavy atom. The van der Waals surface area contributed by atoms with Crippen LogP contribution < -0.4 is 0 Å². The summed E-state index contributed by atoms with van der Waals surface area (Å²) in [5.41, 5.74) is 13.5. The number of hydrogen-bond acceptors (Lipinski definition) is 0. The molecule has 3 nitrogen and oxygen atoms in total. The van der Waals surface area contributed by atoms with Gasteiger partial charge >= 0.3 is 0 Å². The van der Waals surface area contributed by atoms with Gasteiger partial charge in [0, 0.05) is 54.5 Å². The van der Waals surface area contributed by atoms with Crippen LogP contribution in [0.4, 0.5) is 0 Å². The van der Waals surface area contributed by atoms with Crippen molar-refractivity contribution in [3.05, 3.63) is 176 Å². The van der Waals surface area contributed by atoms with Gasteiger partial charge in [-0.1, -0.05) is 109 Å². The molecule has 0 amide bonds. The molecule has 0 saturated carbocycles. The Morgan fingerprint density at radius 1 is 0.294 bits per heavy atom. The minimum atomic E-state index is 1.17. The fraction of sp³-hybridized carbons (Fsp3) is 0. The minimum Gasteiger partial charge on any atom is -0.309 e. The van der Waals surface area contributed by atoms with E-state index in [1.807, 2.05) is 0 Å². The molecule has 4 aromatic heterocycles. The summed E-state index contributed by atoms with van der Waals surface area (Å²) in [6.45, 7) is 0. The highest BCUT2D eigenvalue weighted by Crippen LogP contribution is 2.43. The molecule has 0 spiro atoms. The lowest BCUT2D eigenvalue weighted by atomic mass is 9.98. The maximum Gasteiger partial charge on any atom is 0.0620 e. The molecule has 0 radical (unpaired) electrons. The third-order valence-corrected chi connectivity index (χ3v) is 11.2. The second-order valence-electron chi connectivity index (χ2n) is 13.7. The first-order chi connectivity index (χ1) is 25.3. The molecular formula is C48H29N3. The van der Waals surface area contributed by atoms with Crippen LogP contribution in [0.5, 0.6) is 0 Å². The van der Waals surface area contributed by atoms with Crippen molar-refractivity contribution in [2.45, 2.75) is 0 Å². The summed E-state index contributed by atoms with van der Waals surface area (Å²) in [6.07, 6.45) is 0. The van der Waals surface area contributed by atoms with Crippen LogP contribution in [0.1, 0.15) is 0 Å². The van der Waals surface area contributed by atoms with E-state index in [-0.39, 0.29) is 0 Å². The van der Waals surface area contributed by atoms with Gasteiger partial charge in [0.2, 0.25) is 0 Å². The molecule has 12 aromatic rings. The average molecular weight is 648 g/mol. The highest BCUT2D eigenvalue weighted by atomic mass is 15.0. The first-order valence-corrected chi connectivity index (χ1v) is 17.6. The lowest BCUT2D eigenvalue weighted by Gasteiger charge is -2.10. The van der Waals surface area contributed by atoms with Crippen LogP contribution in [0.2, 0.25) is 0 Å². The van der Waals surface area contributed by atoms with Gasteiger partial charge in [-0.05, 0) is 77.9 Å². The molecule has 4 heterocycles. The molecule has 0 fully saturated rings. The number of hydrogen-bond donors (Lipinski definition) is 0. The standard InChI is InChI=1S/C48H29N3/c1-2-12-31(13-3-1)49-41-20-7-5-15-35(41)39-28-30(24-26-44(39)49)33-17-11-23-46-47(33)38-16-6-9-22-43(38)50(46)32-25-27-45-40(29-32)37-19-10-18-36-34-14-4-8-21-42(34)51(45)48(36)37/h1-29H. The van der Waals surface area contributed by atoms with Crippen molar-refractivity contribution < 1.29 is 0 Å². The maximum absolute atomic E-state index is 2.46. The summed E-state index contributed by atoms with van der Waals surface area (Å²) in [4.78, 5) is 0. The van der Waals surface area contributed by atoms with Gasteiger partial charge in [-0.15, -0.1) is 0 Å². The molecule has 0 aliphatic rings. The van der Waals surface area contributed by atoms with Gasteiger partial charge in [-0.25, -0.2) is 0 Å². The van der Waals surface area contributed by atoms with Gasteiger partial charge in [0.05, 0.1) is 38.6 Å². The zero-order valence-electron chi connectivity index (χ0n) is 27.6. The largest absolute Gasteiger partial charge is 0.309 e. The molecule has 0 unspecified atom stereocenters. The third-order valence-electron chi connectivity index (χ3n) is 11.2. The van der Waals surface area contributed by atoms with Crippen molar-refractivity contribution in [2.75, 3.05) is 0 Å². The number of aromatic nitrogens is 3.